The second-order valence-electron chi connectivity index (χ2n) is 2.96. The van der Waals surface area contributed by atoms with Gasteiger partial charge in [0, 0.05) is 0 Å². The fourth-order valence-corrected chi connectivity index (χ4v) is 1.05. The van der Waals surface area contributed by atoms with Crippen molar-refractivity contribution in [2.24, 2.45) is 0 Å². The number of ether oxygens (including phenoxy) is 1. The summed E-state index contributed by atoms with van der Waals surface area (Å²) in [4.78, 5) is 0. The van der Waals surface area contributed by atoms with E-state index in [1.807, 2.05) is 24.3 Å². The summed E-state index contributed by atoms with van der Waals surface area (Å²) in [5.74, 6) is 3.45. The van der Waals surface area contributed by atoms with E-state index in [1.165, 1.54) is 12.8 Å². The highest BCUT2D eigenvalue weighted by atomic mass is 16.5. The molecule has 0 bridgehead atoms. The molecule has 0 aliphatic heterocycles. The molecule has 0 heterocycles. The van der Waals surface area contributed by atoms with E-state index in [0.717, 1.165) is 11.3 Å². The molecule has 1 aliphatic rings. The summed E-state index contributed by atoms with van der Waals surface area (Å²) in [6.07, 6.45) is 8.06. The molecule has 1 nitrogen and oxygen atoms in total. The van der Waals surface area contributed by atoms with Crippen molar-refractivity contribution < 1.29 is 4.74 Å². The first kappa shape index (κ1) is 7.24. The van der Waals surface area contributed by atoms with Gasteiger partial charge in [0.1, 0.15) is 5.75 Å². The maximum atomic E-state index is 5.60. The van der Waals surface area contributed by atoms with Crippen molar-refractivity contribution in [2.45, 2.75) is 18.9 Å². The van der Waals surface area contributed by atoms with Crippen LogP contribution in [0.15, 0.2) is 24.3 Å². The Hall–Kier alpha value is -1.42. The number of para-hydroxylation sites is 1. The third-order valence-corrected chi connectivity index (χ3v) is 1.86. The highest BCUT2D eigenvalue weighted by Crippen LogP contribution is 2.28. The average Bonchev–Trinajstić information content (AvgIpc) is 2.89. The van der Waals surface area contributed by atoms with Gasteiger partial charge in [0.05, 0.1) is 11.7 Å². The molecule has 1 aromatic rings. The molecule has 12 heavy (non-hydrogen) atoms. The molecule has 0 amide bonds. The minimum Gasteiger partial charge on any atom is -0.489 e. The second kappa shape index (κ2) is 2.91. The summed E-state index contributed by atoms with van der Waals surface area (Å²) >= 11 is 0. The SMILES string of the molecule is C#Cc1ccccc1OC1CC1. The second-order valence-corrected chi connectivity index (χ2v) is 2.96. The van der Waals surface area contributed by atoms with E-state index in [4.69, 9.17) is 11.2 Å². The fourth-order valence-electron chi connectivity index (χ4n) is 1.05. The Morgan fingerprint density at radius 3 is 2.75 bits per heavy atom. The normalized spacial score (nSPS) is 15.2. The summed E-state index contributed by atoms with van der Waals surface area (Å²) in [7, 11) is 0. The molecule has 1 saturated carbocycles. The topological polar surface area (TPSA) is 9.23 Å². The first-order valence-electron chi connectivity index (χ1n) is 4.12. The highest BCUT2D eigenvalue weighted by Gasteiger charge is 2.24. The van der Waals surface area contributed by atoms with Crippen LogP contribution < -0.4 is 4.74 Å². The van der Waals surface area contributed by atoms with Gasteiger partial charge in [-0.25, -0.2) is 0 Å². The van der Waals surface area contributed by atoms with Gasteiger partial charge in [-0.2, -0.15) is 0 Å². The quantitative estimate of drug-likeness (QED) is 0.599. The van der Waals surface area contributed by atoms with Gasteiger partial charge in [0.15, 0.2) is 0 Å². The van der Waals surface area contributed by atoms with Crippen LogP contribution in [0, 0.1) is 12.3 Å². The van der Waals surface area contributed by atoms with Gasteiger partial charge in [-0.1, -0.05) is 18.1 Å². The molecular weight excluding hydrogens is 148 g/mol. The molecule has 1 aromatic carbocycles. The van der Waals surface area contributed by atoms with Crippen LogP contribution in [0.4, 0.5) is 0 Å². The zero-order valence-corrected chi connectivity index (χ0v) is 6.79. The number of terminal acetylenes is 1. The van der Waals surface area contributed by atoms with Crippen LogP contribution in [-0.4, -0.2) is 6.10 Å². The van der Waals surface area contributed by atoms with Crippen LogP contribution >= 0.6 is 0 Å². The van der Waals surface area contributed by atoms with E-state index in [0.29, 0.717) is 6.10 Å². The van der Waals surface area contributed by atoms with Crippen LogP contribution in [0.5, 0.6) is 5.75 Å². The standard InChI is InChI=1S/C11H10O/c1-2-9-5-3-4-6-11(9)12-10-7-8-10/h1,3-6,10H,7-8H2. The zero-order chi connectivity index (χ0) is 8.39. The van der Waals surface area contributed by atoms with Gasteiger partial charge in [0.2, 0.25) is 0 Å². The lowest BCUT2D eigenvalue weighted by Gasteiger charge is -2.05. The monoisotopic (exact) mass is 158 g/mol. The Balaban J connectivity index is 2.22. The van der Waals surface area contributed by atoms with Crippen molar-refractivity contribution >= 4 is 0 Å². The summed E-state index contributed by atoms with van der Waals surface area (Å²) in [5, 5.41) is 0. The fraction of sp³-hybridized carbons (Fsp3) is 0.273. The van der Waals surface area contributed by atoms with Gasteiger partial charge >= 0.3 is 0 Å². The Morgan fingerprint density at radius 2 is 2.08 bits per heavy atom. The maximum Gasteiger partial charge on any atom is 0.135 e. The van der Waals surface area contributed by atoms with E-state index in [-0.39, 0.29) is 0 Å². The smallest absolute Gasteiger partial charge is 0.135 e. The van der Waals surface area contributed by atoms with Gasteiger partial charge in [-0.15, -0.1) is 6.42 Å². The molecule has 1 fully saturated rings. The number of benzene rings is 1. The molecule has 0 unspecified atom stereocenters. The van der Waals surface area contributed by atoms with Gasteiger partial charge in [-0.05, 0) is 25.0 Å². The average molecular weight is 158 g/mol. The number of rotatable bonds is 2. The van der Waals surface area contributed by atoms with Crippen molar-refractivity contribution in [1.82, 2.24) is 0 Å². The molecule has 1 heteroatoms. The zero-order valence-electron chi connectivity index (χ0n) is 6.79. The minimum atomic E-state index is 0.416. The molecule has 2 rings (SSSR count). The van der Waals surface area contributed by atoms with Crippen LogP contribution in [-0.2, 0) is 0 Å². The van der Waals surface area contributed by atoms with Crippen LogP contribution in [0.2, 0.25) is 0 Å². The van der Waals surface area contributed by atoms with Gasteiger partial charge < -0.3 is 4.74 Å². The molecule has 0 atom stereocenters. The van der Waals surface area contributed by atoms with Crippen molar-refractivity contribution in [3.8, 4) is 18.1 Å². The van der Waals surface area contributed by atoms with Crippen molar-refractivity contribution in [1.29, 1.82) is 0 Å². The van der Waals surface area contributed by atoms with E-state index in [1.54, 1.807) is 0 Å². The van der Waals surface area contributed by atoms with Crippen molar-refractivity contribution in [2.75, 3.05) is 0 Å². The summed E-state index contributed by atoms with van der Waals surface area (Å²) in [5.41, 5.74) is 0.851. The molecular formula is C11H10O. The van der Waals surface area contributed by atoms with Crippen LogP contribution in [0.1, 0.15) is 18.4 Å². The van der Waals surface area contributed by atoms with Crippen molar-refractivity contribution in [3.63, 3.8) is 0 Å². The molecule has 0 saturated heterocycles. The molecule has 0 spiro atoms. The molecule has 60 valence electrons. The van der Waals surface area contributed by atoms with Gasteiger partial charge in [-0.3, -0.25) is 0 Å². The molecule has 0 aromatic heterocycles. The summed E-state index contributed by atoms with van der Waals surface area (Å²) in [6, 6.07) is 7.69. The lowest BCUT2D eigenvalue weighted by atomic mass is 10.2. The summed E-state index contributed by atoms with van der Waals surface area (Å²) < 4.78 is 5.60. The Kier molecular flexibility index (Phi) is 1.75. The predicted octanol–water partition coefficient (Wildman–Crippen LogP) is 2.21. The number of hydrogen-bond donors (Lipinski definition) is 0. The van der Waals surface area contributed by atoms with Crippen LogP contribution in [0.25, 0.3) is 0 Å². The molecule has 1 aliphatic carbocycles. The highest BCUT2D eigenvalue weighted by molar-refractivity contribution is 5.44. The van der Waals surface area contributed by atoms with Crippen LogP contribution in [0.3, 0.4) is 0 Å². The maximum absolute atomic E-state index is 5.60. The summed E-state index contributed by atoms with van der Waals surface area (Å²) in [6.45, 7) is 0. The number of hydrogen-bond acceptors (Lipinski definition) is 1. The third kappa shape index (κ3) is 1.43. The molecule has 0 radical (unpaired) electrons. The Morgan fingerprint density at radius 1 is 1.33 bits per heavy atom. The molecule has 0 N–H and O–H groups in total. The predicted molar refractivity (Wildman–Crippen MR) is 48.0 cm³/mol. The Bertz CT molecular complexity index is 318. The largest absolute Gasteiger partial charge is 0.489 e. The minimum absolute atomic E-state index is 0.416. The lowest BCUT2D eigenvalue weighted by Crippen LogP contribution is -1.97. The lowest BCUT2D eigenvalue weighted by molar-refractivity contribution is 0.302. The van der Waals surface area contributed by atoms with E-state index >= 15 is 0 Å². The van der Waals surface area contributed by atoms with E-state index < -0.39 is 0 Å². The van der Waals surface area contributed by atoms with E-state index in [9.17, 15) is 0 Å². The first-order valence-corrected chi connectivity index (χ1v) is 4.12. The van der Waals surface area contributed by atoms with E-state index in [2.05, 4.69) is 5.92 Å². The first-order chi connectivity index (χ1) is 5.90. The Labute approximate surface area is 72.4 Å². The van der Waals surface area contributed by atoms with Gasteiger partial charge in [0.25, 0.3) is 0 Å². The van der Waals surface area contributed by atoms with Crippen molar-refractivity contribution in [3.05, 3.63) is 29.8 Å². The third-order valence-electron chi connectivity index (χ3n) is 1.86.